The van der Waals surface area contributed by atoms with Gasteiger partial charge in [0, 0.05) is 19.8 Å². The standard InChI is InChI=1S/C17H18FNO6/c1-10(20)19-14(8-11-2-5-13(18)6-3-11)15(21)9-12(17(24)25)4-7-16(22)23/h2-3,5-6,8,12H,4,7,9H2,1H3,(H,19,20)(H,22,23)(H,24,25)/b14-8+/t12-/m1/s1. The van der Waals surface area contributed by atoms with E-state index in [1.165, 1.54) is 37.3 Å². The molecular formula is C17H18FNO6. The van der Waals surface area contributed by atoms with E-state index >= 15 is 0 Å². The molecule has 0 saturated heterocycles. The molecule has 1 atom stereocenters. The monoisotopic (exact) mass is 351 g/mol. The highest BCUT2D eigenvalue weighted by Gasteiger charge is 2.24. The third kappa shape index (κ3) is 7.38. The van der Waals surface area contributed by atoms with Gasteiger partial charge in [-0.3, -0.25) is 19.2 Å². The summed E-state index contributed by atoms with van der Waals surface area (Å²) in [7, 11) is 0. The number of aliphatic carboxylic acids is 2. The minimum atomic E-state index is -1.29. The summed E-state index contributed by atoms with van der Waals surface area (Å²) in [6, 6.07) is 5.14. The summed E-state index contributed by atoms with van der Waals surface area (Å²) in [5.74, 6) is -5.30. The Balaban J connectivity index is 2.98. The van der Waals surface area contributed by atoms with Crippen LogP contribution in [0.1, 0.15) is 31.7 Å². The van der Waals surface area contributed by atoms with E-state index in [0.29, 0.717) is 5.56 Å². The van der Waals surface area contributed by atoms with Crippen LogP contribution < -0.4 is 5.32 Å². The SMILES string of the molecule is CC(=O)N/C(=C/c1ccc(F)cc1)C(=O)C[C@@H](CCC(=O)O)C(=O)O. The first-order valence-corrected chi connectivity index (χ1v) is 7.41. The second-order valence-corrected chi connectivity index (χ2v) is 5.39. The first kappa shape index (κ1) is 20.0. The van der Waals surface area contributed by atoms with Crippen molar-refractivity contribution in [2.75, 3.05) is 0 Å². The Morgan fingerprint density at radius 2 is 1.76 bits per heavy atom. The van der Waals surface area contributed by atoms with Crippen LogP contribution in [0.5, 0.6) is 0 Å². The number of allylic oxidation sites excluding steroid dienone is 1. The maximum absolute atomic E-state index is 12.9. The number of hydrogen-bond acceptors (Lipinski definition) is 4. The highest BCUT2D eigenvalue weighted by Crippen LogP contribution is 2.16. The van der Waals surface area contributed by atoms with Crippen LogP contribution in [0, 0.1) is 11.7 Å². The van der Waals surface area contributed by atoms with Gasteiger partial charge in [0.1, 0.15) is 5.82 Å². The number of ketones is 1. The molecule has 0 aromatic heterocycles. The Bertz CT molecular complexity index is 696. The molecule has 0 spiro atoms. The Hall–Kier alpha value is -3.03. The van der Waals surface area contributed by atoms with E-state index < -0.39 is 41.8 Å². The summed E-state index contributed by atoms with van der Waals surface area (Å²) in [5.41, 5.74) is 0.302. The van der Waals surface area contributed by atoms with Crippen molar-refractivity contribution in [3.63, 3.8) is 0 Å². The van der Waals surface area contributed by atoms with Gasteiger partial charge >= 0.3 is 11.9 Å². The van der Waals surface area contributed by atoms with Crippen LogP contribution in [0.3, 0.4) is 0 Å². The number of Topliss-reactive ketones (excluding diaryl/α,β-unsaturated/α-hetero) is 1. The van der Waals surface area contributed by atoms with Crippen LogP contribution in [0.15, 0.2) is 30.0 Å². The molecule has 0 unspecified atom stereocenters. The Kier molecular flexibility index (Phi) is 7.45. The van der Waals surface area contributed by atoms with Crippen LogP contribution >= 0.6 is 0 Å². The van der Waals surface area contributed by atoms with Crippen LogP contribution in [0.25, 0.3) is 6.08 Å². The number of carboxylic acids is 2. The molecule has 0 aliphatic heterocycles. The fourth-order valence-corrected chi connectivity index (χ4v) is 2.05. The molecule has 134 valence electrons. The van der Waals surface area contributed by atoms with Crippen molar-refractivity contribution in [2.45, 2.75) is 26.2 Å². The average molecular weight is 351 g/mol. The van der Waals surface area contributed by atoms with Crippen molar-refractivity contribution in [1.29, 1.82) is 0 Å². The van der Waals surface area contributed by atoms with Crippen LogP contribution in [-0.2, 0) is 19.2 Å². The number of hydrogen-bond donors (Lipinski definition) is 3. The van der Waals surface area contributed by atoms with Gasteiger partial charge in [-0.05, 0) is 30.2 Å². The summed E-state index contributed by atoms with van der Waals surface area (Å²) in [5, 5.41) is 20.1. The van der Waals surface area contributed by atoms with Crippen LogP contribution in [0.2, 0.25) is 0 Å². The summed E-state index contributed by atoms with van der Waals surface area (Å²) in [4.78, 5) is 45.4. The maximum atomic E-state index is 12.9. The van der Waals surface area contributed by atoms with Crippen molar-refractivity contribution < 1.29 is 33.8 Å². The molecular weight excluding hydrogens is 333 g/mol. The highest BCUT2D eigenvalue weighted by atomic mass is 19.1. The van der Waals surface area contributed by atoms with Gasteiger partial charge in [-0.25, -0.2) is 4.39 Å². The van der Waals surface area contributed by atoms with Crippen LogP contribution in [0.4, 0.5) is 4.39 Å². The number of carboxylic acid groups (broad SMARTS) is 2. The zero-order chi connectivity index (χ0) is 19.0. The van der Waals surface area contributed by atoms with Crippen molar-refractivity contribution in [3.05, 3.63) is 41.3 Å². The summed E-state index contributed by atoms with van der Waals surface area (Å²) in [6.45, 7) is 1.19. The molecule has 1 aromatic carbocycles. The van der Waals surface area contributed by atoms with Gasteiger partial charge in [-0.2, -0.15) is 0 Å². The molecule has 0 aliphatic carbocycles. The van der Waals surface area contributed by atoms with E-state index in [4.69, 9.17) is 10.2 Å². The fraction of sp³-hybridized carbons (Fsp3) is 0.294. The molecule has 7 nitrogen and oxygen atoms in total. The normalized spacial score (nSPS) is 12.3. The second-order valence-electron chi connectivity index (χ2n) is 5.39. The number of halogens is 1. The maximum Gasteiger partial charge on any atom is 0.306 e. The minimum Gasteiger partial charge on any atom is -0.481 e. The van der Waals surface area contributed by atoms with E-state index in [-0.39, 0.29) is 18.5 Å². The van der Waals surface area contributed by atoms with E-state index in [2.05, 4.69) is 5.32 Å². The second kappa shape index (κ2) is 9.31. The molecule has 1 aromatic rings. The Labute approximate surface area is 143 Å². The summed E-state index contributed by atoms with van der Waals surface area (Å²) >= 11 is 0. The van der Waals surface area contributed by atoms with Gasteiger partial charge < -0.3 is 15.5 Å². The smallest absolute Gasteiger partial charge is 0.306 e. The lowest BCUT2D eigenvalue weighted by Gasteiger charge is -2.13. The Morgan fingerprint density at radius 1 is 1.16 bits per heavy atom. The molecule has 0 radical (unpaired) electrons. The van der Waals surface area contributed by atoms with Crippen molar-refractivity contribution in [2.24, 2.45) is 5.92 Å². The van der Waals surface area contributed by atoms with Crippen molar-refractivity contribution in [3.8, 4) is 0 Å². The minimum absolute atomic E-state index is 0.138. The van der Waals surface area contributed by atoms with Gasteiger partial charge in [0.15, 0.2) is 5.78 Å². The Morgan fingerprint density at radius 3 is 2.24 bits per heavy atom. The van der Waals surface area contributed by atoms with E-state index in [1.54, 1.807) is 0 Å². The number of carbonyl (C=O) groups excluding carboxylic acids is 2. The molecule has 0 heterocycles. The number of nitrogens with one attached hydrogen (secondary N) is 1. The lowest BCUT2D eigenvalue weighted by molar-refractivity contribution is -0.144. The largest absolute Gasteiger partial charge is 0.481 e. The lowest BCUT2D eigenvalue weighted by atomic mass is 9.95. The average Bonchev–Trinajstić information content (AvgIpc) is 2.51. The molecule has 1 amide bonds. The molecule has 25 heavy (non-hydrogen) atoms. The van der Waals surface area contributed by atoms with Gasteiger partial charge in [0.2, 0.25) is 5.91 Å². The first-order valence-electron chi connectivity index (χ1n) is 7.41. The molecule has 8 heteroatoms. The van der Waals surface area contributed by atoms with Gasteiger partial charge in [0.25, 0.3) is 0 Å². The molecule has 0 aliphatic rings. The summed E-state index contributed by atoms with van der Waals surface area (Å²) in [6.07, 6.45) is 0.247. The predicted octanol–water partition coefficient (Wildman–Crippen LogP) is 1.83. The van der Waals surface area contributed by atoms with E-state index in [1.807, 2.05) is 0 Å². The third-order valence-corrected chi connectivity index (χ3v) is 3.28. The van der Waals surface area contributed by atoms with Crippen molar-refractivity contribution in [1.82, 2.24) is 5.32 Å². The van der Waals surface area contributed by atoms with Crippen LogP contribution in [-0.4, -0.2) is 33.8 Å². The molecule has 0 bridgehead atoms. The van der Waals surface area contributed by atoms with Gasteiger partial charge in [-0.1, -0.05) is 12.1 Å². The third-order valence-electron chi connectivity index (χ3n) is 3.28. The number of rotatable bonds is 9. The van der Waals surface area contributed by atoms with E-state index in [0.717, 1.165) is 0 Å². The quantitative estimate of drug-likeness (QED) is 0.584. The zero-order valence-corrected chi connectivity index (χ0v) is 13.5. The molecule has 1 rings (SSSR count). The van der Waals surface area contributed by atoms with Gasteiger partial charge in [0.05, 0.1) is 11.6 Å². The van der Waals surface area contributed by atoms with Crippen molar-refractivity contribution >= 4 is 29.7 Å². The molecule has 3 N–H and O–H groups in total. The van der Waals surface area contributed by atoms with E-state index in [9.17, 15) is 23.6 Å². The lowest BCUT2D eigenvalue weighted by Crippen LogP contribution is -2.28. The zero-order valence-electron chi connectivity index (χ0n) is 13.5. The number of benzene rings is 1. The number of amides is 1. The molecule has 0 fully saturated rings. The predicted molar refractivity (Wildman–Crippen MR) is 85.8 cm³/mol. The fourth-order valence-electron chi connectivity index (χ4n) is 2.05. The summed E-state index contributed by atoms with van der Waals surface area (Å²) < 4.78 is 12.9. The molecule has 0 saturated carbocycles. The topological polar surface area (TPSA) is 121 Å². The highest BCUT2D eigenvalue weighted by molar-refractivity contribution is 6.03. The number of carbonyl (C=O) groups is 4. The van der Waals surface area contributed by atoms with Gasteiger partial charge in [-0.15, -0.1) is 0 Å². The first-order chi connectivity index (χ1) is 11.7.